The first-order valence-electron chi connectivity index (χ1n) is 10.4. The smallest absolute Gasteiger partial charge is 0.260 e. The molecular weight excluding hydrogens is 437 g/mol. The van der Waals surface area contributed by atoms with E-state index in [1.54, 1.807) is 4.90 Å². The van der Waals surface area contributed by atoms with Gasteiger partial charge in [-0.15, -0.1) is 0 Å². The van der Waals surface area contributed by atoms with Gasteiger partial charge in [-0.25, -0.2) is 0 Å². The first-order valence-corrected chi connectivity index (χ1v) is 11.1. The van der Waals surface area contributed by atoms with Gasteiger partial charge in [-0.1, -0.05) is 65.9 Å². The number of carbonyl (C=O) groups is 1. The zero-order valence-corrected chi connectivity index (χ0v) is 18.8. The van der Waals surface area contributed by atoms with Crippen LogP contribution in [0.4, 0.5) is 0 Å². The molecule has 7 heteroatoms. The van der Waals surface area contributed by atoms with Crippen molar-refractivity contribution < 1.29 is 13.9 Å². The first kappa shape index (κ1) is 21.7. The van der Waals surface area contributed by atoms with Crippen molar-refractivity contribution in [3.8, 4) is 17.1 Å². The average molecular weight is 460 g/mol. The molecule has 31 heavy (non-hydrogen) atoms. The summed E-state index contributed by atoms with van der Waals surface area (Å²) in [7, 11) is 0. The van der Waals surface area contributed by atoms with E-state index in [-0.39, 0.29) is 40.0 Å². The summed E-state index contributed by atoms with van der Waals surface area (Å²) in [5.41, 5.74) is 1.55. The summed E-state index contributed by atoms with van der Waals surface area (Å²) in [6, 6.07) is 10.5. The maximum atomic E-state index is 13.3. The topological polar surface area (TPSA) is 59.8 Å². The van der Waals surface area contributed by atoms with E-state index in [0.29, 0.717) is 23.7 Å². The minimum atomic E-state index is -0.412. The van der Waals surface area contributed by atoms with Crippen molar-refractivity contribution in [3.05, 3.63) is 62.2 Å². The number of carbonyl (C=O) groups excluding carboxylic acids is 1. The van der Waals surface area contributed by atoms with Crippen LogP contribution in [0.3, 0.4) is 0 Å². The summed E-state index contributed by atoms with van der Waals surface area (Å²) in [6.07, 6.45) is 4.21. The third-order valence-electron chi connectivity index (χ3n) is 5.48. The highest BCUT2D eigenvalue weighted by Crippen LogP contribution is 2.35. The van der Waals surface area contributed by atoms with Gasteiger partial charge in [0.15, 0.2) is 18.0 Å². The molecule has 0 atom stereocenters. The van der Waals surface area contributed by atoms with Gasteiger partial charge in [0, 0.05) is 23.7 Å². The second-order valence-electron chi connectivity index (χ2n) is 7.80. The largest absolute Gasteiger partial charge is 0.476 e. The fraction of sp³-hybridized carbons (Fsp3) is 0.333. The number of hydrogen-bond donors (Lipinski definition) is 0. The number of likely N-dealkylation sites (tertiary alicyclic amines) is 1. The molecule has 5 nitrogen and oxygen atoms in total. The third kappa shape index (κ3) is 4.73. The molecule has 0 radical (unpaired) electrons. The van der Waals surface area contributed by atoms with Crippen LogP contribution in [0, 0.1) is 6.92 Å². The Hall–Kier alpha value is -2.50. The molecule has 2 heterocycles. The number of amides is 1. The predicted molar refractivity (Wildman–Crippen MR) is 123 cm³/mol. The maximum Gasteiger partial charge on any atom is 0.260 e. The summed E-state index contributed by atoms with van der Waals surface area (Å²) in [5.74, 6) is 0.0867. The lowest BCUT2D eigenvalue weighted by Crippen LogP contribution is -2.36. The molecular formula is C24H23Cl2NO4. The van der Waals surface area contributed by atoms with Gasteiger partial charge in [0.25, 0.3) is 5.91 Å². The Morgan fingerprint density at radius 2 is 1.74 bits per heavy atom. The van der Waals surface area contributed by atoms with Gasteiger partial charge in [-0.3, -0.25) is 9.59 Å². The Labute approximate surface area is 190 Å². The van der Waals surface area contributed by atoms with Gasteiger partial charge in [0.05, 0.1) is 10.4 Å². The Bertz CT molecular complexity index is 1160. The number of ether oxygens (including phenoxy) is 1. The highest BCUT2D eigenvalue weighted by Gasteiger charge is 2.22. The molecule has 1 aliphatic rings. The zero-order chi connectivity index (χ0) is 22.0. The van der Waals surface area contributed by atoms with Crippen LogP contribution in [0.15, 0.2) is 45.6 Å². The van der Waals surface area contributed by atoms with E-state index in [9.17, 15) is 9.59 Å². The molecule has 0 unspecified atom stereocenters. The zero-order valence-electron chi connectivity index (χ0n) is 17.2. The molecule has 0 spiro atoms. The summed E-state index contributed by atoms with van der Waals surface area (Å²) in [6.45, 7) is 3.16. The van der Waals surface area contributed by atoms with Gasteiger partial charge in [0.2, 0.25) is 11.2 Å². The van der Waals surface area contributed by atoms with Crippen molar-refractivity contribution >= 4 is 40.1 Å². The third-order valence-corrected chi connectivity index (χ3v) is 5.98. The Kier molecular flexibility index (Phi) is 6.54. The lowest BCUT2D eigenvalue weighted by Gasteiger charge is -2.20. The lowest BCUT2D eigenvalue weighted by atomic mass is 10.1. The summed E-state index contributed by atoms with van der Waals surface area (Å²) in [4.78, 5) is 27.8. The maximum absolute atomic E-state index is 13.3. The van der Waals surface area contributed by atoms with Gasteiger partial charge in [-0.2, -0.15) is 0 Å². The van der Waals surface area contributed by atoms with E-state index < -0.39 is 5.43 Å². The molecule has 0 N–H and O–H groups in total. The van der Waals surface area contributed by atoms with Crippen LogP contribution in [0.25, 0.3) is 22.3 Å². The van der Waals surface area contributed by atoms with Crippen LogP contribution in [0.5, 0.6) is 5.75 Å². The molecule has 0 bridgehead atoms. The molecule has 1 aromatic heterocycles. The number of aryl methyl sites for hydroxylation is 1. The normalized spacial score (nSPS) is 14.5. The van der Waals surface area contributed by atoms with Gasteiger partial charge < -0.3 is 14.1 Å². The second-order valence-corrected chi connectivity index (χ2v) is 8.65. The number of hydrogen-bond acceptors (Lipinski definition) is 4. The van der Waals surface area contributed by atoms with Crippen molar-refractivity contribution in [2.24, 2.45) is 0 Å². The fourth-order valence-corrected chi connectivity index (χ4v) is 4.31. The molecule has 0 aliphatic carbocycles. The molecule has 1 amide bonds. The standard InChI is InChI=1S/C24H23Cl2NO4/c1-15-6-8-16(9-7-15)22-24(30-14-20(28)27-10-4-2-3-5-11-27)21(29)18-12-17(25)13-19(26)23(18)31-22/h6-9,12-13H,2-5,10-11,14H2,1H3. The van der Waals surface area contributed by atoms with E-state index in [1.807, 2.05) is 31.2 Å². The molecule has 3 aromatic rings. The number of halogens is 2. The quantitative estimate of drug-likeness (QED) is 0.490. The van der Waals surface area contributed by atoms with E-state index in [4.69, 9.17) is 32.4 Å². The van der Waals surface area contributed by atoms with Crippen LogP contribution in [0.1, 0.15) is 31.2 Å². The highest BCUT2D eigenvalue weighted by atomic mass is 35.5. The van der Waals surface area contributed by atoms with Crippen LogP contribution < -0.4 is 10.2 Å². The molecule has 162 valence electrons. The minimum absolute atomic E-state index is 0.0159. The SMILES string of the molecule is Cc1ccc(-c2oc3c(Cl)cc(Cl)cc3c(=O)c2OCC(=O)N2CCCCCC2)cc1. The number of benzene rings is 2. The predicted octanol–water partition coefficient (Wildman–Crippen LogP) is 5.86. The number of nitrogens with zero attached hydrogens (tertiary/aromatic N) is 1. The van der Waals surface area contributed by atoms with E-state index in [0.717, 1.165) is 31.2 Å². The Morgan fingerprint density at radius 1 is 1.06 bits per heavy atom. The van der Waals surface area contributed by atoms with Crippen molar-refractivity contribution in [1.29, 1.82) is 0 Å². The van der Waals surface area contributed by atoms with Crippen molar-refractivity contribution in [1.82, 2.24) is 4.90 Å². The minimum Gasteiger partial charge on any atom is -0.476 e. The van der Waals surface area contributed by atoms with Crippen LogP contribution >= 0.6 is 23.2 Å². The van der Waals surface area contributed by atoms with Crippen molar-refractivity contribution in [3.63, 3.8) is 0 Å². The Morgan fingerprint density at radius 3 is 2.42 bits per heavy atom. The van der Waals surface area contributed by atoms with E-state index in [1.165, 1.54) is 12.1 Å². The Balaban J connectivity index is 1.75. The summed E-state index contributed by atoms with van der Waals surface area (Å²) < 4.78 is 11.9. The summed E-state index contributed by atoms with van der Waals surface area (Å²) in [5, 5.41) is 0.769. The van der Waals surface area contributed by atoms with E-state index >= 15 is 0 Å². The van der Waals surface area contributed by atoms with Crippen molar-refractivity contribution in [2.45, 2.75) is 32.6 Å². The van der Waals surface area contributed by atoms with Crippen molar-refractivity contribution in [2.75, 3.05) is 19.7 Å². The number of rotatable bonds is 4. The molecule has 2 aromatic carbocycles. The second kappa shape index (κ2) is 9.33. The monoisotopic (exact) mass is 459 g/mol. The first-order chi connectivity index (χ1) is 14.9. The van der Waals surface area contributed by atoms with Crippen LogP contribution in [0.2, 0.25) is 10.0 Å². The lowest BCUT2D eigenvalue weighted by molar-refractivity contribution is -0.133. The highest BCUT2D eigenvalue weighted by molar-refractivity contribution is 6.38. The fourth-order valence-electron chi connectivity index (χ4n) is 3.78. The number of fused-ring (bicyclic) bond motifs is 1. The van der Waals surface area contributed by atoms with Gasteiger partial charge in [0.1, 0.15) is 0 Å². The molecule has 4 rings (SSSR count). The van der Waals surface area contributed by atoms with Gasteiger partial charge in [-0.05, 0) is 31.9 Å². The van der Waals surface area contributed by atoms with E-state index in [2.05, 4.69) is 0 Å². The van der Waals surface area contributed by atoms with Crippen LogP contribution in [-0.4, -0.2) is 30.5 Å². The summed E-state index contributed by atoms with van der Waals surface area (Å²) >= 11 is 12.4. The molecule has 0 saturated carbocycles. The molecule has 1 aliphatic heterocycles. The van der Waals surface area contributed by atoms with Crippen LogP contribution in [-0.2, 0) is 4.79 Å². The molecule has 1 fully saturated rings. The average Bonchev–Trinajstić information content (AvgIpc) is 3.03. The molecule has 1 saturated heterocycles. The van der Waals surface area contributed by atoms with Gasteiger partial charge >= 0.3 is 0 Å².